The van der Waals surface area contributed by atoms with Gasteiger partial charge in [-0.1, -0.05) is 12.6 Å². The van der Waals surface area contributed by atoms with Crippen LogP contribution in [0.1, 0.15) is 40.1 Å². The lowest BCUT2D eigenvalue weighted by Gasteiger charge is -2.47. The van der Waals surface area contributed by atoms with Crippen molar-refractivity contribution in [1.82, 2.24) is 14.9 Å². The molecule has 3 amide bonds. The van der Waals surface area contributed by atoms with Gasteiger partial charge in [0.15, 0.2) is 5.13 Å². The highest BCUT2D eigenvalue weighted by Gasteiger charge is 2.44. The first-order valence-electron chi connectivity index (χ1n) is 9.64. The number of benzene rings is 1. The molecule has 9 heteroatoms. The fraction of sp³-hybridized carbons (Fsp3) is 0.238. The molecule has 30 heavy (non-hydrogen) atoms. The fourth-order valence-corrected chi connectivity index (χ4v) is 4.79. The maximum absolute atomic E-state index is 12.8. The van der Waals surface area contributed by atoms with Crippen molar-refractivity contribution in [2.75, 3.05) is 17.2 Å². The monoisotopic (exact) mass is 421 g/mol. The van der Waals surface area contributed by atoms with Crippen molar-refractivity contribution in [2.45, 2.75) is 24.8 Å². The third kappa shape index (κ3) is 2.89. The van der Waals surface area contributed by atoms with E-state index in [1.807, 2.05) is 18.2 Å². The molecule has 3 N–H and O–H groups in total. The Morgan fingerprint density at radius 1 is 1.27 bits per heavy atom. The summed E-state index contributed by atoms with van der Waals surface area (Å²) in [5.74, 6) is -0.386. The summed E-state index contributed by atoms with van der Waals surface area (Å²) in [6.45, 7) is 4.02. The van der Waals surface area contributed by atoms with Crippen molar-refractivity contribution in [1.29, 1.82) is 0 Å². The molecule has 1 spiro atoms. The maximum Gasteiger partial charge on any atom is 0.268 e. The minimum Gasteiger partial charge on any atom is -0.348 e. The van der Waals surface area contributed by atoms with E-state index in [4.69, 9.17) is 0 Å². The van der Waals surface area contributed by atoms with E-state index in [0.29, 0.717) is 28.8 Å². The van der Waals surface area contributed by atoms with Crippen LogP contribution in [0.3, 0.4) is 0 Å². The fourth-order valence-electron chi connectivity index (χ4n) is 4.16. The number of anilines is 2. The van der Waals surface area contributed by atoms with E-state index in [9.17, 15) is 14.4 Å². The van der Waals surface area contributed by atoms with E-state index >= 15 is 0 Å². The van der Waals surface area contributed by atoms with Crippen LogP contribution in [0.15, 0.2) is 42.3 Å². The van der Waals surface area contributed by atoms with Gasteiger partial charge in [-0.2, -0.15) is 0 Å². The molecule has 2 aromatic heterocycles. The molecule has 1 aliphatic heterocycles. The Hall–Kier alpha value is -3.46. The SMILES string of the molecule is C=CC(=O)Nc1csc(NC(=O)c2ccc3cc4n(c3c2)C2(CCC2)CNC4=O)n1. The highest BCUT2D eigenvalue weighted by Crippen LogP contribution is 2.44. The summed E-state index contributed by atoms with van der Waals surface area (Å²) in [6, 6.07) is 7.33. The molecule has 3 aromatic rings. The van der Waals surface area contributed by atoms with Crippen molar-refractivity contribution < 1.29 is 14.4 Å². The predicted molar refractivity (Wildman–Crippen MR) is 115 cm³/mol. The summed E-state index contributed by atoms with van der Waals surface area (Å²) < 4.78 is 2.12. The van der Waals surface area contributed by atoms with Crippen molar-refractivity contribution in [3.63, 3.8) is 0 Å². The number of hydrogen-bond donors (Lipinski definition) is 3. The second kappa shape index (κ2) is 6.81. The molecular weight excluding hydrogens is 402 g/mol. The Morgan fingerprint density at radius 2 is 2.10 bits per heavy atom. The zero-order valence-corrected chi connectivity index (χ0v) is 16.8. The third-order valence-corrected chi connectivity index (χ3v) is 6.55. The zero-order chi connectivity index (χ0) is 20.9. The first kappa shape index (κ1) is 18.6. The number of fused-ring (bicyclic) bond motifs is 4. The van der Waals surface area contributed by atoms with Crippen LogP contribution in [-0.4, -0.2) is 33.8 Å². The number of nitrogens with zero attached hydrogens (tertiary/aromatic N) is 2. The van der Waals surface area contributed by atoms with Crippen LogP contribution in [0.5, 0.6) is 0 Å². The van der Waals surface area contributed by atoms with Crippen LogP contribution < -0.4 is 16.0 Å². The highest BCUT2D eigenvalue weighted by atomic mass is 32.1. The van der Waals surface area contributed by atoms with Crippen LogP contribution in [0.2, 0.25) is 0 Å². The predicted octanol–water partition coefficient (Wildman–Crippen LogP) is 3.10. The molecule has 152 valence electrons. The van der Waals surface area contributed by atoms with Crippen LogP contribution in [0.25, 0.3) is 10.9 Å². The van der Waals surface area contributed by atoms with E-state index in [1.165, 1.54) is 11.3 Å². The maximum atomic E-state index is 12.8. The Labute approximate surface area is 176 Å². The Morgan fingerprint density at radius 3 is 2.83 bits per heavy atom. The van der Waals surface area contributed by atoms with Gasteiger partial charge < -0.3 is 15.2 Å². The van der Waals surface area contributed by atoms with E-state index in [1.54, 1.807) is 11.4 Å². The molecule has 1 aromatic carbocycles. The molecule has 0 radical (unpaired) electrons. The van der Waals surface area contributed by atoms with Gasteiger partial charge in [-0.15, -0.1) is 11.3 Å². The molecule has 1 fully saturated rings. The van der Waals surface area contributed by atoms with Gasteiger partial charge in [0.1, 0.15) is 11.5 Å². The summed E-state index contributed by atoms with van der Waals surface area (Å²) in [7, 11) is 0. The van der Waals surface area contributed by atoms with Gasteiger partial charge in [-0.25, -0.2) is 4.98 Å². The van der Waals surface area contributed by atoms with E-state index in [0.717, 1.165) is 36.2 Å². The number of thiazole rings is 1. The number of carbonyl (C=O) groups is 3. The number of nitrogens with one attached hydrogen (secondary N) is 3. The third-order valence-electron chi connectivity index (χ3n) is 5.80. The molecule has 0 bridgehead atoms. The number of carbonyl (C=O) groups excluding carboxylic acids is 3. The summed E-state index contributed by atoms with van der Waals surface area (Å²) in [5, 5.41) is 11.3. The molecule has 0 saturated heterocycles. The minimum atomic E-state index is -0.365. The van der Waals surface area contributed by atoms with Gasteiger partial charge in [0.25, 0.3) is 11.8 Å². The van der Waals surface area contributed by atoms with E-state index in [-0.39, 0.29) is 23.3 Å². The van der Waals surface area contributed by atoms with Crippen LogP contribution in [0, 0.1) is 0 Å². The number of hydrogen-bond acceptors (Lipinski definition) is 5. The van der Waals surface area contributed by atoms with Crippen LogP contribution in [-0.2, 0) is 10.3 Å². The normalized spacial score (nSPS) is 16.5. The van der Waals surface area contributed by atoms with Crippen LogP contribution in [0.4, 0.5) is 10.9 Å². The number of rotatable bonds is 4. The van der Waals surface area contributed by atoms with Crippen molar-refractivity contribution in [3.8, 4) is 0 Å². The molecule has 0 unspecified atom stereocenters. The van der Waals surface area contributed by atoms with Crippen molar-refractivity contribution >= 4 is 50.9 Å². The molecule has 1 saturated carbocycles. The molecule has 2 aliphatic rings. The Balaban J connectivity index is 1.45. The second-order valence-electron chi connectivity index (χ2n) is 7.58. The lowest BCUT2D eigenvalue weighted by Crippen LogP contribution is -2.55. The average molecular weight is 421 g/mol. The summed E-state index contributed by atoms with van der Waals surface area (Å²) >= 11 is 1.22. The second-order valence-corrected chi connectivity index (χ2v) is 8.44. The molecule has 1 aliphatic carbocycles. The number of amides is 3. The van der Waals surface area contributed by atoms with Gasteiger partial charge in [0, 0.05) is 22.9 Å². The summed E-state index contributed by atoms with van der Waals surface area (Å²) in [6.07, 6.45) is 4.31. The van der Waals surface area contributed by atoms with Gasteiger partial charge in [0.2, 0.25) is 5.91 Å². The Bertz CT molecular complexity index is 1220. The van der Waals surface area contributed by atoms with Gasteiger partial charge in [-0.05, 0) is 43.5 Å². The summed E-state index contributed by atoms with van der Waals surface area (Å²) in [5.41, 5.74) is 1.94. The van der Waals surface area contributed by atoms with Gasteiger partial charge in [-0.3, -0.25) is 19.7 Å². The summed E-state index contributed by atoms with van der Waals surface area (Å²) in [4.78, 5) is 40.8. The number of aromatic nitrogens is 2. The standard InChI is InChI=1S/C21H19N5O3S/c1-2-17(27)23-16-10-30-20(24-16)25-18(28)13-5-4-12-8-15-19(29)22-11-21(6-3-7-21)26(15)14(12)9-13/h2,4-5,8-10H,1,3,6-7,11H2,(H,22,29)(H,23,27)(H,24,25,28). The minimum absolute atomic E-state index is 0.0772. The largest absolute Gasteiger partial charge is 0.348 e. The highest BCUT2D eigenvalue weighted by molar-refractivity contribution is 7.14. The van der Waals surface area contributed by atoms with Gasteiger partial charge in [0.05, 0.1) is 11.1 Å². The topological polar surface area (TPSA) is 105 Å². The Kier molecular flexibility index (Phi) is 4.21. The molecular formula is C21H19N5O3S. The lowest BCUT2D eigenvalue weighted by molar-refractivity contribution is -0.111. The first-order chi connectivity index (χ1) is 14.5. The van der Waals surface area contributed by atoms with E-state index in [2.05, 4.69) is 32.1 Å². The molecule has 8 nitrogen and oxygen atoms in total. The van der Waals surface area contributed by atoms with E-state index < -0.39 is 0 Å². The van der Waals surface area contributed by atoms with Crippen molar-refractivity contribution in [3.05, 3.63) is 53.6 Å². The van der Waals surface area contributed by atoms with Gasteiger partial charge >= 0.3 is 0 Å². The lowest BCUT2D eigenvalue weighted by atomic mass is 9.75. The quantitative estimate of drug-likeness (QED) is 0.563. The smallest absolute Gasteiger partial charge is 0.268 e. The molecule has 0 atom stereocenters. The first-order valence-corrected chi connectivity index (χ1v) is 10.5. The zero-order valence-electron chi connectivity index (χ0n) is 16.0. The average Bonchev–Trinajstić information content (AvgIpc) is 3.31. The molecule has 5 rings (SSSR count). The van der Waals surface area contributed by atoms with Crippen molar-refractivity contribution in [2.24, 2.45) is 0 Å². The van der Waals surface area contributed by atoms with Crippen LogP contribution >= 0.6 is 11.3 Å². The molecule has 3 heterocycles.